The van der Waals surface area contributed by atoms with Crippen LogP contribution in [-0.4, -0.2) is 36.4 Å². The first kappa shape index (κ1) is 14.0. The molecule has 0 aliphatic rings. The first-order valence-corrected chi connectivity index (χ1v) is 8.08. The van der Waals surface area contributed by atoms with Crippen LogP contribution in [0.15, 0.2) is 24.3 Å². The van der Waals surface area contributed by atoms with Crippen molar-refractivity contribution < 1.29 is 8.42 Å². The molecule has 5 nitrogen and oxygen atoms in total. The highest BCUT2D eigenvalue weighted by atomic mass is 35.5. The van der Waals surface area contributed by atoms with Crippen LogP contribution in [0.5, 0.6) is 0 Å². The number of anilines is 1. The predicted octanol–water partition coefficient (Wildman–Crippen LogP) is 2.13. The first-order chi connectivity index (χ1) is 9.02. The monoisotopic (exact) mass is 299 g/mol. The summed E-state index contributed by atoms with van der Waals surface area (Å²) in [5.74, 6) is 0.765. The molecule has 0 fully saturated rings. The molecule has 2 rings (SSSR count). The van der Waals surface area contributed by atoms with Crippen molar-refractivity contribution in [3.8, 4) is 0 Å². The van der Waals surface area contributed by atoms with Crippen LogP contribution in [0.1, 0.15) is 6.92 Å². The fraction of sp³-hybridized carbons (Fsp3) is 0.333. The lowest BCUT2D eigenvalue weighted by molar-refractivity contribution is 0.597. The van der Waals surface area contributed by atoms with Crippen molar-refractivity contribution in [2.45, 2.75) is 6.92 Å². The summed E-state index contributed by atoms with van der Waals surface area (Å²) >= 11 is 5.84. The Balaban J connectivity index is 2.21. The second-order valence-electron chi connectivity index (χ2n) is 4.02. The van der Waals surface area contributed by atoms with E-state index in [0.29, 0.717) is 12.4 Å². The van der Waals surface area contributed by atoms with Crippen LogP contribution in [0, 0.1) is 0 Å². The minimum atomic E-state index is -2.99. The summed E-state index contributed by atoms with van der Waals surface area (Å²) in [4.78, 5) is 8.20. The summed E-state index contributed by atoms with van der Waals surface area (Å²) in [6.45, 7) is 1.93. The second kappa shape index (κ2) is 5.71. The van der Waals surface area contributed by atoms with E-state index in [1.807, 2.05) is 24.3 Å². The van der Waals surface area contributed by atoms with Crippen molar-refractivity contribution in [2.75, 3.05) is 23.4 Å². The molecule has 0 saturated carbocycles. The Kier molecular flexibility index (Phi) is 4.21. The maximum absolute atomic E-state index is 11.4. The molecule has 7 heteroatoms. The molecule has 0 radical (unpaired) electrons. The van der Waals surface area contributed by atoms with Gasteiger partial charge in [-0.1, -0.05) is 19.1 Å². The minimum Gasteiger partial charge on any atom is -0.368 e. The van der Waals surface area contributed by atoms with E-state index in [1.54, 1.807) is 6.92 Å². The van der Waals surface area contributed by atoms with Gasteiger partial charge in [0.15, 0.2) is 9.84 Å². The van der Waals surface area contributed by atoms with Crippen LogP contribution >= 0.6 is 11.6 Å². The highest BCUT2D eigenvalue weighted by molar-refractivity contribution is 7.91. The number of benzene rings is 1. The number of hydrogen-bond acceptors (Lipinski definition) is 5. The molecule has 0 spiro atoms. The maximum atomic E-state index is 11.4. The molecule has 0 unspecified atom stereocenters. The van der Waals surface area contributed by atoms with Crippen LogP contribution in [0.2, 0.25) is 5.28 Å². The Morgan fingerprint density at radius 2 is 2.00 bits per heavy atom. The fourth-order valence-electron chi connectivity index (χ4n) is 1.65. The topological polar surface area (TPSA) is 72.0 Å². The molecular weight excluding hydrogens is 286 g/mol. The third-order valence-corrected chi connectivity index (χ3v) is 4.60. The summed E-state index contributed by atoms with van der Waals surface area (Å²) < 4.78 is 22.8. The smallest absolute Gasteiger partial charge is 0.224 e. The third kappa shape index (κ3) is 3.54. The van der Waals surface area contributed by atoms with Gasteiger partial charge in [0.25, 0.3) is 0 Å². The fourth-order valence-corrected chi connectivity index (χ4v) is 2.53. The van der Waals surface area contributed by atoms with Gasteiger partial charge in [0.05, 0.1) is 11.3 Å². The zero-order valence-electron chi connectivity index (χ0n) is 10.4. The molecule has 1 heterocycles. The van der Waals surface area contributed by atoms with E-state index >= 15 is 0 Å². The first-order valence-electron chi connectivity index (χ1n) is 5.88. The average molecular weight is 300 g/mol. The van der Waals surface area contributed by atoms with E-state index in [-0.39, 0.29) is 16.8 Å². The number of nitrogens with zero attached hydrogens (tertiary/aromatic N) is 2. The summed E-state index contributed by atoms with van der Waals surface area (Å²) in [5.41, 5.74) is 0.725. The van der Waals surface area contributed by atoms with E-state index < -0.39 is 9.84 Å². The number of fused-ring (bicyclic) bond motifs is 1. The number of aromatic nitrogens is 2. The molecular formula is C12H14ClN3O2S. The van der Waals surface area contributed by atoms with Gasteiger partial charge in [-0.05, 0) is 23.7 Å². The van der Waals surface area contributed by atoms with Crippen LogP contribution in [0.4, 0.5) is 5.82 Å². The zero-order chi connectivity index (χ0) is 13.9. The van der Waals surface area contributed by atoms with Gasteiger partial charge in [-0.25, -0.2) is 18.4 Å². The zero-order valence-corrected chi connectivity index (χ0v) is 12.0. The van der Waals surface area contributed by atoms with Crippen molar-refractivity contribution in [1.82, 2.24) is 9.97 Å². The quantitative estimate of drug-likeness (QED) is 0.856. The molecule has 0 aliphatic heterocycles. The summed E-state index contributed by atoms with van der Waals surface area (Å²) in [7, 11) is -2.99. The van der Waals surface area contributed by atoms with Gasteiger partial charge >= 0.3 is 0 Å². The Labute approximate surface area is 116 Å². The second-order valence-corrected chi connectivity index (χ2v) is 6.83. The Morgan fingerprint density at radius 3 is 2.74 bits per heavy atom. The molecule has 0 saturated heterocycles. The third-order valence-electron chi connectivity index (χ3n) is 2.72. The highest BCUT2D eigenvalue weighted by Gasteiger charge is 2.09. The number of halogens is 1. The Morgan fingerprint density at radius 1 is 1.26 bits per heavy atom. The maximum Gasteiger partial charge on any atom is 0.224 e. The van der Waals surface area contributed by atoms with Gasteiger partial charge in [0.2, 0.25) is 5.28 Å². The highest BCUT2D eigenvalue weighted by Crippen LogP contribution is 2.21. The van der Waals surface area contributed by atoms with Gasteiger partial charge in [-0.2, -0.15) is 0 Å². The largest absolute Gasteiger partial charge is 0.368 e. The van der Waals surface area contributed by atoms with Crippen LogP contribution in [-0.2, 0) is 9.84 Å². The van der Waals surface area contributed by atoms with Crippen molar-refractivity contribution in [3.63, 3.8) is 0 Å². The van der Waals surface area contributed by atoms with Crippen molar-refractivity contribution in [3.05, 3.63) is 29.5 Å². The van der Waals surface area contributed by atoms with Gasteiger partial charge in [0.1, 0.15) is 5.82 Å². The lowest BCUT2D eigenvalue weighted by atomic mass is 10.2. The number of hydrogen-bond donors (Lipinski definition) is 1. The van der Waals surface area contributed by atoms with Gasteiger partial charge in [-0.3, -0.25) is 0 Å². The molecule has 0 atom stereocenters. The molecule has 102 valence electrons. The Hall–Kier alpha value is -1.40. The minimum absolute atomic E-state index is 0.0689. The summed E-state index contributed by atoms with van der Waals surface area (Å²) in [6.07, 6.45) is 0. The molecule has 1 N–H and O–H groups in total. The van der Waals surface area contributed by atoms with Crippen LogP contribution < -0.4 is 5.32 Å². The number of nitrogens with one attached hydrogen (secondary N) is 1. The van der Waals surface area contributed by atoms with E-state index in [0.717, 1.165) is 10.9 Å². The summed E-state index contributed by atoms with van der Waals surface area (Å²) in [6, 6.07) is 7.42. The Bertz CT molecular complexity index is 688. The normalized spacial score (nSPS) is 11.7. The lowest BCUT2D eigenvalue weighted by Crippen LogP contribution is -2.17. The van der Waals surface area contributed by atoms with E-state index in [9.17, 15) is 8.42 Å². The molecule has 0 amide bonds. The van der Waals surface area contributed by atoms with Crippen LogP contribution in [0.25, 0.3) is 10.9 Å². The number of sulfone groups is 1. The van der Waals surface area contributed by atoms with Crippen LogP contribution in [0.3, 0.4) is 0 Å². The molecule has 2 aromatic rings. The standard InChI is InChI=1S/C12H14ClN3O2S/c1-2-19(17,18)8-7-14-11-9-5-3-4-6-10(9)15-12(13)16-11/h3-6H,2,7-8H2,1H3,(H,14,15,16). The van der Waals surface area contributed by atoms with Crippen molar-refractivity contribution in [1.29, 1.82) is 0 Å². The van der Waals surface area contributed by atoms with Gasteiger partial charge in [-0.15, -0.1) is 0 Å². The molecule has 1 aromatic heterocycles. The molecule has 1 aromatic carbocycles. The van der Waals surface area contributed by atoms with E-state index in [4.69, 9.17) is 11.6 Å². The van der Waals surface area contributed by atoms with Crippen molar-refractivity contribution in [2.24, 2.45) is 0 Å². The number of para-hydroxylation sites is 1. The average Bonchev–Trinajstić information content (AvgIpc) is 2.38. The lowest BCUT2D eigenvalue weighted by Gasteiger charge is -2.08. The molecule has 19 heavy (non-hydrogen) atoms. The van der Waals surface area contributed by atoms with E-state index in [1.165, 1.54) is 0 Å². The van der Waals surface area contributed by atoms with E-state index in [2.05, 4.69) is 15.3 Å². The molecule has 0 bridgehead atoms. The predicted molar refractivity (Wildman–Crippen MR) is 77.4 cm³/mol. The molecule has 0 aliphatic carbocycles. The SMILES string of the molecule is CCS(=O)(=O)CCNc1nc(Cl)nc2ccccc12. The summed E-state index contributed by atoms with van der Waals surface area (Å²) in [5, 5.41) is 3.96. The van der Waals surface area contributed by atoms with Gasteiger partial charge in [0, 0.05) is 17.7 Å². The van der Waals surface area contributed by atoms with Crippen molar-refractivity contribution >= 4 is 38.2 Å². The number of rotatable bonds is 5. The van der Waals surface area contributed by atoms with Gasteiger partial charge < -0.3 is 5.32 Å².